The molecule has 0 saturated carbocycles. The molecule has 0 bridgehead atoms. The highest BCUT2D eigenvalue weighted by Crippen LogP contribution is 2.13. The summed E-state index contributed by atoms with van der Waals surface area (Å²) in [5, 5.41) is 0. The van der Waals surface area contributed by atoms with Crippen LogP contribution >= 0.6 is 0 Å². The molecule has 16 heavy (non-hydrogen) atoms. The zero-order valence-corrected chi connectivity index (χ0v) is 10.3. The molecule has 2 nitrogen and oxygen atoms in total. The van der Waals surface area contributed by atoms with Gasteiger partial charge in [-0.1, -0.05) is 29.8 Å². The Morgan fingerprint density at radius 1 is 1.44 bits per heavy atom. The minimum Gasteiger partial charge on any atom is -0.271 e. The summed E-state index contributed by atoms with van der Waals surface area (Å²) >= 11 is 0. The summed E-state index contributed by atoms with van der Waals surface area (Å²) in [4.78, 5) is 0. The molecule has 1 aromatic carbocycles. The van der Waals surface area contributed by atoms with E-state index < -0.39 is 0 Å². The molecular weight excluding hydrogens is 196 g/mol. The van der Waals surface area contributed by atoms with E-state index in [1.165, 1.54) is 16.7 Å². The van der Waals surface area contributed by atoms with Crippen molar-refractivity contribution in [2.75, 3.05) is 0 Å². The number of hydrazine groups is 1. The molecule has 0 spiro atoms. The monoisotopic (exact) mass is 218 g/mol. The third kappa shape index (κ3) is 4.17. The number of hydrogen-bond donors (Lipinski definition) is 2. The molecule has 0 saturated heterocycles. The number of rotatable bonds is 6. The molecule has 0 aliphatic carbocycles. The molecule has 0 fully saturated rings. The third-order valence-electron chi connectivity index (χ3n) is 2.85. The van der Waals surface area contributed by atoms with E-state index in [2.05, 4.69) is 43.2 Å². The van der Waals surface area contributed by atoms with Crippen LogP contribution in [-0.4, -0.2) is 6.04 Å². The smallest absolute Gasteiger partial charge is 0.0250 e. The Kier molecular flexibility index (Phi) is 5.23. The SMILES string of the molecule is C=C(C)CC(CCc1ccccc1C)NN. The molecule has 3 N–H and O–H groups in total. The van der Waals surface area contributed by atoms with E-state index >= 15 is 0 Å². The van der Waals surface area contributed by atoms with E-state index in [9.17, 15) is 0 Å². The molecule has 2 heteroatoms. The molecular formula is C14H22N2. The molecule has 1 unspecified atom stereocenters. The van der Waals surface area contributed by atoms with Gasteiger partial charge in [0.25, 0.3) is 0 Å². The van der Waals surface area contributed by atoms with Crippen LogP contribution in [0.4, 0.5) is 0 Å². The second-order valence-corrected chi connectivity index (χ2v) is 4.49. The summed E-state index contributed by atoms with van der Waals surface area (Å²) in [6.45, 7) is 8.11. The van der Waals surface area contributed by atoms with Gasteiger partial charge >= 0.3 is 0 Å². The molecule has 0 amide bonds. The quantitative estimate of drug-likeness (QED) is 0.438. The van der Waals surface area contributed by atoms with Crippen molar-refractivity contribution < 1.29 is 0 Å². The largest absolute Gasteiger partial charge is 0.271 e. The molecule has 88 valence electrons. The summed E-state index contributed by atoms with van der Waals surface area (Å²) < 4.78 is 0. The van der Waals surface area contributed by atoms with Gasteiger partial charge in [-0.3, -0.25) is 11.3 Å². The number of benzene rings is 1. The zero-order valence-electron chi connectivity index (χ0n) is 10.3. The van der Waals surface area contributed by atoms with Crippen LogP contribution in [0.5, 0.6) is 0 Å². The Labute approximate surface area is 98.5 Å². The van der Waals surface area contributed by atoms with Crippen LogP contribution in [0.1, 0.15) is 30.9 Å². The standard InChI is InChI=1S/C14H22N2/c1-11(2)10-14(16-15)9-8-13-7-5-4-6-12(13)3/h4-7,14,16H,1,8-10,15H2,2-3H3. The van der Waals surface area contributed by atoms with Crippen LogP contribution < -0.4 is 11.3 Å². The van der Waals surface area contributed by atoms with Gasteiger partial charge < -0.3 is 0 Å². The van der Waals surface area contributed by atoms with Gasteiger partial charge in [-0.05, 0) is 44.2 Å². The molecule has 1 rings (SSSR count). The Hall–Kier alpha value is -1.12. The Morgan fingerprint density at radius 3 is 2.69 bits per heavy atom. The molecule has 1 atom stereocenters. The van der Waals surface area contributed by atoms with Crippen molar-refractivity contribution in [2.45, 2.75) is 39.2 Å². The van der Waals surface area contributed by atoms with Gasteiger partial charge in [0.15, 0.2) is 0 Å². The molecule has 0 heterocycles. The first kappa shape index (κ1) is 12.9. The van der Waals surface area contributed by atoms with Gasteiger partial charge in [-0.25, -0.2) is 0 Å². The molecule has 0 aliphatic heterocycles. The topological polar surface area (TPSA) is 38.0 Å². The fraction of sp³-hybridized carbons (Fsp3) is 0.429. The average molecular weight is 218 g/mol. The number of aryl methyl sites for hydroxylation is 2. The number of hydrogen-bond acceptors (Lipinski definition) is 2. The summed E-state index contributed by atoms with van der Waals surface area (Å²) in [5.41, 5.74) is 6.80. The van der Waals surface area contributed by atoms with Gasteiger partial charge in [0.2, 0.25) is 0 Å². The summed E-state index contributed by atoms with van der Waals surface area (Å²) in [6, 6.07) is 8.83. The van der Waals surface area contributed by atoms with E-state index in [0.29, 0.717) is 6.04 Å². The van der Waals surface area contributed by atoms with Gasteiger partial charge in [0.05, 0.1) is 0 Å². The lowest BCUT2D eigenvalue weighted by Crippen LogP contribution is -2.35. The maximum atomic E-state index is 5.53. The first-order valence-corrected chi connectivity index (χ1v) is 5.78. The number of nitrogens with two attached hydrogens (primary N) is 1. The second-order valence-electron chi connectivity index (χ2n) is 4.49. The predicted molar refractivity (Wildman–Crippen MR) is 70.0 cm³/mol. The van der Waals surface area contributed by atoms with Crippen LogP contribution in [0.25, 0.3) is 0 Å². The van der Waals surface area contributed by atoms with Gasteiger partial charge in [0.1, 0.15) is 0 Å². The molecule has 0 radical (unpaired) electrons. The second kappa shape index (κ2) is 6.46. The van der Waals surface area contributed by atoms with Crippen molar-refractivity contribution in [2.24, 2.45) is 5.84 Å². The summed E-state index contributed by atoms with van der Waals surface area (Å²) in [5.74, 6) is 5.53. The fourth-order valence-corrected chi connectivity index (χ4v) is 1.89. The summed E-state index contributed by atoms with van der Waals surface area (Å²) in [7, 11) is 0. The Balaban J connectivity index is 2.49. The van der Waals surface area contributed by atoms with E-state index in [4.69, 9.17) is 5.84 Å². The van der Waals surface area contributed by atoms with E-state index in [1.54, 1.807) is 0 Å². The molecule has 1 aromatic rings. The third-order valence-corrected chi connectivity index (χ3v) is 2.85. The van der Waals surface area contributed by atoms with Crippen LogP contribution in [0, 0.1) is 6.92 Å². The van der Waals surface area contributed by atoms with Gasteiger partial charge in [-0.15, -0.1) is 6.58 Å². The normalized spacial score (nSPS) is 12.4. The van der Waals surface area contributed by atoms with Crippen molar-refractivity contribution in [3.63, 3.8) is 0 Å². The first-order valence-electron chi connectivity index (χ1n) is 5.78. The van der Waals surface area contributed by atoms with Crippen LogP contribution in [0.3, 0.4) is 0 Å². The highest BCUT2D eigenvalue weighted by Gasteiger charge is 2.07. The van der Waals surface area contributed by atoms with E-state index in [1.807, 2.05) is 6.92 Å². The lowest BCUT2D eigenvalue weighted by atomic mass is 9.98. The van der Waals surface area contributed by atoms with Gasteiger partial charge in [0, 0.05) is 6.04 Å². The summed E-state index contributed by atoms with van der Waals surface area (Å²) in [6.07, 6.45) is 3.06. The minimum absolute atomic E-state index is 0.331. The Bertz CT molecular complexity index is 344. The Morgan fingerprint density at radius 2 is 2.12 bits per heavy atom. The maximum absolute atomic E-state index is 5.53. The van der Waals surface area contributed by atoms with Crippen molar-refractivity contribution in [1.29, 1.82) is 0 Å². The van der Waals surface area contributed by atoms with Crippen molar-refractivity contribution >= 4 is 0 Å². The number of nitrogens with one attached hydrogen (secondary N) is 1. The highest BCUT2D eigenvalue weighted by molar-refractivity contribution is 5.25. The van der Waals surface area contributed by atoms with Crippen molar-refractivity contribution in [3.05, 3.63) is 47.5 Å². The minimum atomic E-state index is 0.331. The van der Waals surface area contributed by atoms with E-state index in [0.717, 1.165) is 19.3 Å². The first-order chi connectivity index (χ1) is 7.63. The maximum Gasteiger partial charge on any atom is 0.0250 e. The average Bonchev–Trinajstić information content (AvgIpc) is 2.25. The van der Waals surface area contributed by atoms with Crippen LogP contribution in [0.2, 0.25) is 0 Å². The predicted octanol–water partition coefficient (Wildman–Crippen LogP) is 2.73. The molecule has 0 aliphatic rings. The fourth-order valence-electron chi connectivity index (χ4n) is 1.89. The lowest BCUT2D eigenvalue weighted by Gasteiger charge is -2.16. The van der Waals surface area contributed by atoms with Crippen molar-refractivity contribution in [3.8, 4) is 0 Å². The van der Waals surface area contributed by atoms with Gasteiger partial charge in [-0.2, -0.15) is 0 Å². The highest BCUT2D eigenvalue weighted by atomic mass is 15.2. The van der Waals surface area contributed by atoms with Crippen LogP contribution in [-0.2, 0) is 6.42 Å². The van der Waals surface area contributed by atoms with Crippen LogP contribution in [0.15, 0.2) is 36.4 Å². The van der Waals surface area contributed by atoms with E-state index in [-0.39, 0.29) is 0 Å². The molecule has 0 aromatic heterocycles. The zero-order chi connectivity index (χ0) is 12.0. The lowest BCUT2D eigenvalue weighted by molar-refractivity contribution is 0.490. The van der Waals surface area contributed by atoms with Crippen molar-refractivity contribution in [1.82, 2.24) is 5.43 Å².